The number of methoxy groups -OCH3 is 1. The second-order valence-electron chi connectivity index (χ2n) is 9.58. The minimum atomic E-state index is -0.488. The summed E-state index contributed by atoms with van der Waals surface area (Å²) in [7, 11) is 1.34. The van der Waals surface area contributed by atoms with Crippen LogP contribution in [0.3, 0.4) is 0 Å². The number of fused-ring (bicyclic) bond motifs is 3. The Morgan fingerprint density at radius 2 is 2.00 bits per heavy atom. The van der Waals surface area contributed by atoms with Crippen LogP contribution in [0.4, 0.5) is 5.69 Å². The van der Waals surface area contributed by atoms with E-state index in [1.165, 1.54) is 13.5 Å². The van der Waals surface area contributed by atoms with Crippen molar-refractivity contribution in [3.05, 3.63) is 30.0 Å². The lowest BCUT2D eigenvalue weighted by Gasteiger charge is -2.39. The molecule has 28 heavy (non-hydrogen) atoms. The molecule has 0 radical (unpaired) electrons. The lowest BCUT2D eigenvalue weighted by Crippen LogP contribution is -2.38. The van der Waals surface area contributed by atoms with Crippen molar-refractivity contribution in [3.63, 3.8) is 0 Å². The zero-order valence-electron chi connectivity index (χ0n) is 17.1. The number of benzene rings is 1. The molecule has 150 valence electrons. The highest BCUT2D eigenvalue weighted by Crippen LogP contribution is 2.52. The molecule has 4 rings (SSSR count). The first kappa shape index (κ1) is 19.0. The van der Waals surface area contributed by atoms with Crippen molar-refractivity contribution in [1.29, 1.82) is 0 Å². The smallest absolute Gasteiger partial charge is 0.356 e. The number of ether oxygens (including phenoxy) is 1. The number of anilines is 1. The first-order chi connectivity index (χ1) is 13.2. The standard InChI is InChI=1S/C22H29N3O3/c1-21(2)9-14-10-22(3,12-21)13-25(14)11-17(26)24-18-15-7-5-6-8-16(15)23-19(18)20(27)28-4/h5-8,14,23H,9-13H2,1-4H3,(H,24,26). The first-order valence-electron chi connectivity index (χ1n) is 9.93. The highest BCUT2D eigenvalue weighted by Gasteiger charge is 2.49. The predicted octanol–water partition coefficient (Wildman–Crippen LogP) is 3.79. The number of aromatic nitrogens is 1. The van der Waals surface area contributed by atoms with Gasteiger partial charge < -0.3 is 15.0 Å². The number of amides is 1. The van der Waals surface area contributed by atoms with Gasteiger partial charge in [-0.3, -0.25) is 9.69 Å². The number of rotatable bonds is 4. The molecule has 2 heterocycles. The first-order valence-corrected chi connectivity index (χ1v) is 9.93. The van der Waals surface area contributed by atoms with E-state index in [1.54, 1.807) is 0 Å². The topological polar surface area (TPSA) is 74.4 Å². The van der Waals surface area contributed by atoms with Gasteiger partial charge in [-0.25, -0.2) is 4.79 Å². The van der Waals surface area contributed by atoms with E-state index >= 15 is 0 Å². The molecule has 6 nitrogen and oxygen atoms in total. The molecule has 2 bridgehead atoms. The Hall–Kier alpha value is -2.34. The van der Waals surface area contributed by atoms with Gasteiger partial charge in [0.2, 0.25) is 5.91 Å². The van der Waals surface area contributed by atoms with Gasteiger partial charge in [0.1, 0.15) is 5.69 Å². The fourth-order valence-corrected chi connectivity index (χ4v) is 5.65. The molecule has 2 aromatic rings. The van der Waals surface area contributed by atoms with Crippen LogP contribution in [-0.4, -0.2) is 48.0 Å². The number of aromatic amines is 1. The normalized spacial score (nSPS) is 26.4. The lowest BCUT2D eigenvalue weighted by atomic mass is 9.65. The maximum absolute atomic E-state index is 12.9. The van der Waals surface area contributed by atoms with E-state index in [2.05, 4.69) is 36.0 Å². The molecule has 0 spiro atoms. The summed E-state index contributed by atoms with van der Waals surface area (Å²) in [4.78, 5) is 30.5. The number of nitrogens with one attached hydrogen (secondary N) is 2. The highest BCUT2D eigenvalue weighted by molar-refractivity contribution is 6.11. The van der Waals surface area contributed by atoms with Crippen LogP contribution in [0.1, 0.15) is 50.5 Å². The zero-order chi connectivity index (χ0) is 20.1. The molecule has 1 saturated carbocycles. The third kappa shape index (κ3) is 3.41. The quantitative estimate of drug-likeness (QED) is 0.788. The molecular formula is C22H29N3O3. The molecule has 1 amide bonds. The van der Waals surface area contributed by atoms with Crippen LogP contribution >= 0.6 is 0 Å². The van der Waals surface area contributed by atoms with Gasteiger partial charge in [-0.05, 0) is 36.2 Å². The summed E-state index contributed by atoms with van der Waals surface area (Å²) in [5.41, 5.74) is 2.18. The number of para-hydroxylation sites is 1. The summed E-state index contributed by atoms with van der Waals surface area (Å²) in [5, 5.41) is 3.79. The number of hydrogen-bond acceptors (Lipinski definition) is 4. The average Bonchev–Trinajstić information content (AvgIpc) is 3.08. The van der Waals surface area contributed by atoms with Crippen molar-refractivity contribution in [2.75, 3.05) is 25.5 Å². The molecule has 2 fully saturated rings. The number of carbonyl (C=O) groups excluding carboxylic acids is 2. The molecule has 1 aliphatic heterocycles. The summed E-state index contributed by atoms with van der Waals surface area (Å²) in [5.74, 6) is -0.582. The second-order valence-corrected chi connectivity index (χ2v) is 9.58. The fourth-order valence-electron chi connectivity index (χ4n) is 5.65. The summed E-state index contributed by atoms with van der Waals surface area (Å²) in [6.45, 7) is 8.29. The third-order valence-electron chi connectivity index (χ3n) is 6.23. The van der Waals surface area contributed by atoms with Crippen LogP contribution in [0, 0.1) is 10.8 Å². The Balaban J connectivity index is 1.54. The van der Waals surface area contributed by atoms with E-state index in [4.69, 9.17) is 4.74 Å². The molecule has 6 heteroatoms. The number of H-pyrrole nitrogens is 1. The Morgan fingerprint density at radius 1 is 1.25 bits per heavy atom. The van der Waals surface area contributed by atoms with E-state index < -0.39 is 5.97 Å². The van der Waals surface area contributed by atoms with Crippen molar-refractivity contribution in [1.82, 2.24) is 9.88 Å². The van der Waals surface area contributed by atoms with Crippen LogP contribution in [0.5, 0.6) is 0 Å². The van der Waals surface area contributed by atoms with Gasteiger partial charge in [-0.15, -0.1) is 0 Å². The molecule has 2 N–H and O–H groups in total. The van der Waals surface area contributed by atoms with Gasteiger partial charge in [-0.1, -0.05) is 39.0 Å². The van der Waals surface area contributed by atoms with Crippen LogP contribution < -0.4 is 5.32 Å². The Morgan fingerprint density at radius 3 is 2.75 bits per heavy atom. The molecule has 2 unspecified atom stereocenters. The van der Waals surface area contributed by atoms with Gasteiger partial charge in [0.15, 0.2) is 0 Å². The molecule has 2 aliphatic rings. The third-order valence-corrected chi connectivity index (χ3v) is 6.23. The van der Waals surface area contributed by atoms with E-state index in [1.807, 2.05) is 24.3 Å². The predicted molar refractivity (Wildman–Crippen MR) is 109 cm³/mol. The highest BCUT2D eigenvalue weighted by atomic mass is 16.5. The van der Waals surface area contributed by atoms with Gasteiger partial charge in [0.05, 0.1) is 19.3 Å². The van der Waals surface area contributed by atoms with Crippen molar-refractivity contribution in [2.24, 2.45) is 10.8 Å². The summed E-state index contributed by atoms with van der Waals surface area (Å²) in [6, 6.07) is 7.99. The maximum atomic E-state index is 12.9. The molecule has 1 aromatic heterocycles. The number of likely N-dealkylation sites (tertiary alicyclic amines) is 1. The van der Waals surface area contributed by atoms with E-state index in [0.717, 1.165) is 30.3 Å². The molecular weight excluding hydrogens is 354 g/mol. The van der Waals surface area contributed by atoms with Crippen molar-refractivity contribution in [3.8, 4) is 0 Å². The number of esters is 1. The number of carbonyl (C=O) groups is 2. The monoisotopic (exact) mass is 383 g/mol. The summed E-state index contributed by atoms with van der Waals surface area (Å²) in [6.07, 6.45) is 3.48. The van der Waals surface area contributed by atoms with Gasteiger partial charge in [0, 0.05) is 23.5 Å². The lowest BCUT2D eigenvalue weighted by molar-refractivity contribution is -0.117. The van der Waals surface area contributed by atoms with E-state index in [9.17, 15) is 9.59 Å². The molecule has 1 aromatic carbocycles. The van der Waals surface area contributed by atoms with Crippen molar-refractivity contribution >= 4 is 28.5 Å². The van der Waals surface area contributed by atoms with Gasteiger partial charge in [-0.2, -0.15) is 0 Å². The Kier molecular flexibility index (Phi) is 4.49. The average molecular weight is 383 g/mol. The Labute approximate surface area is 165 Å². The van der Waals surface area contributed by atoms with Gasteiger partial charge >= 0.3 is 5.97 Å². The van der Waals surface area contributed by atoms with Crippen molar-refractivity contribution < 1.29 is 14.3 Å². The van der Waals surface area contributed by atoms with E-state index in [0.29, 0.717) is 23.7 Å². The van der Waals surface area contributed by atoms with Crippen LogP contribution in [0.15, 0.2) is 24.3 Å². The number of nitrogens with zero attached hydrogens (tertiary/aromatic N) is 1. The van der Waals surface area contributed by atoms with Crippen molar-refractivity contribution in [2.45, 2.75) is 46.1 Å². The van der Waals surface area contributed by atoms with E-state index in [-0.39, 0.29) is 17.0 Å². The number of hydrogen-bond donors (Lipinski definition) is 2. The minimum absolute atomic E-state index is 0.0936. The zero-order valence-corrected chi connectivity index (χ0v) is 17.1. The fraction of sp³-hybridized carbons (Fsp3) is 0.545. The second kappa shape index (κ2) is 6.62. The largest absolute Gasteiger partial charge is 0.464 e. The van der Waals surface area contributed by atoms with Crippen LogP contribution in [0.2, 0.25) is 0 Å². The molecule has 2 atom stereocenters. The maximum Gasteiger partial charge on any atom is 0.356 e. The Bertz CT molecular complexity index is 932. The molecule has 1 aliphatic carbocycles. The minimum Gasteiger partial charge on any atom is -0.464 e. The van der Waals surface area contributed by atoms with Gasteiger partial charge in [0.25, 0.3) is 0 Å². The summed E-state index contributed by atoms with van der Waals surface area (Å²) >= 11 is 0. The molecule has 1 saturated heterocycles. The summed E-state index contributed by atoms with van der Waals surface area (Å²) < 4.78 is 4.88. The SMILES string of the molecule is COC(=O)c1[nH]c2ccccc2c1NC(=O)CN1CC2(C)CC1CC(C)(C)C2. The van der Waals surface area contributed by atoms with Crippen LogP contribution in [-0.2, 0) is 9.53 Å². The van der Waals surface area contributed by atoms with Crippen LogP contribution in [0.25, 0.3) is 10.9 Å².